The number of rotatable bonds is 7. The first-order chi connectivity index (χ1) is 12.2. The van der Waals surface area contributed by atoms with Crippen molar-refractivity contribution in [3.8, 4) is 0 Å². The second-order valence-corrected chi connectivity index (χ2v) is 7.16. The summed E-state index contributed by atoms with van der Waals surface area (Å²) in [6.45, 7) is 2.64. The van der Waals surface area contributed by atoms with Gasteiger partial charge >= 0.3 is 12.1 Å². The Morgan fingerprint density at radius 3 is 2.64 bits per heavy atom. The van der Waals surface area contributed by atoms with Crippen LogP contribution in [0.4, 0.5) is 4.79 Å². The molecule has 2 aliphatic rings. The number of esters is 1. The van der Waals surface area contributed by atoms with Gasteiger partial charge in [0.25, 0.3) is 0 Å². The summed E-state index contributed by atoms with van der Waals surface area (Å²) < 4.78 is 10.8. The lowest BCUT2D eigenvalue weighted by Gasteiger charge is -2.31. The van der Waals surface area contributed by atoms with E-state index in [4.69, 9.17) is 9.47 Å². The summed E-state index contributed by atoms with van der Waals surface area (Å²) >= 11 is 0. The highest BCUT2D eigenvalue weighted by Crippen LogP contribution is 2.48. The lowest BCUT2D eigenvalue weighted by atomic mass is 9.85. The van der Waals surface area contributed by atoms with E-state index in [1.807, 2.05) is 37.3 Å². The summed E-state index contributed by atoms with van der Waals surface area (Å²) in [5, 5.41) is 3.03. The number of carbonyl (C=O) groups is 2. The number of hydrogen-bond donors (Lipinski definition) is 1. The zero-order chi connectivity index (χ0) is 17.6. The number of fused-ring (bicyclic) bond motifs is 2. The number of nitrogens with one attached hydrogen (secondary N) is 1. The van der Waals surface area contributed by atoms with Crippen LogP contribution in [-0.4, -0.2) is 24.7 Å². The minimum Gasteiger partial charge on any atom is -0.465 e. The Balaban J connectivity index is 1.50. The van der Waals surface area contributed by atoms with Crippen molar-refractivity contribution in [3.63, 3.8) is 0 Å². The molecule has 0 aliphatic heterocycles. The summed E-state index contributed by atoms with van der Waals surface area (Å²) in [4.78, 5) is 23.9. The van der Waals surface area contributed by atoms with Crippen LogP contribution in [0.1, 0.15) is 44.6 Å². The average molecular weight is 345 g/mol. The maximum absolute atomic E-state index is 12.2. The Hall–Kier alpha value is -2.04. The SMILES string of the molecule is CCCC(=O)OC[C@@H]1[C@@H]2CC[C@@H](C2)[C@@H]1NC(=O)OCc1ccccc1. The fourth-order valence-electron chi connectivity index (χ4n) is 4.24. The van der Waals surface area contributed by atoms with Crippen molar-refractivity contribution in [2.24, 2.45) is 17.8 Å². The number of amides is 1. The second kappa shape index (κ2) is 8.37. The molecule has 5 nitrogen and oxygen atoms in total. The number of hydrogen-bond acceptors (Lipinski definition) is 4. The number of alkyl carbamates (subject to hydrolysis) is 1. The third-order valence-electron chi connectivity index (χ3n) is 5.48. The first-order valence-electron chi connectivity index (χ1n) is 9.30. The van der Waals surface area contributed by atoms with E-state index < -0.39 is 0 Å². The molecular weight excluding hydrogens is 318 g/mol. The minimum atomic E-state index is -0.383. The summed E-state index contributed by atoms with van der Waals surface area (Å²) in [7, 11) is 0. The Morgan fingerprint density at radius 1 is 1.12 bits per heavy atom. The van der Waals surface area contributed by atoms with Gasteiger partial charge in [-0.3, -0.25) is 4.79 Å². The fraction of sp³-hybridized carbons (Fsp3) is 0.600. The average Bonchev–Trinajstić information content (AvgIpc) is 3.21. The van der Waals surface area contributed by atoms with Crippen LogP contribution in [0.25, 0.3) is 0 Å². The molecule has 1 aromatic rings. The monoisotopic (exact) mass is 345 g/mol. The van der Waals surface area contributed by atoms with E-state index in [1.54, 1.807) is 0 Å². The quantitative estimate of drug-likeness (QED) is 0.766. The predicted octanol–water partition coefficient (Wildman–Crippen LogP) is 3.67. The summed E-state index contributed by atoms with van der Waals surface area (Å²) in [6.07, 6.45) is 4.28. The normalized spacial score (nSPS) is 27.1. The molecule has 0 aromatic heterocycles. The molecular formula is C20H27NO4. The number of ether oxygens (including phenoxy) is 2. The molecule has 1 N–H and O–H groups in total. The van der Waals surface area contributed by atoms with E-state index in [0.29, 0.717) is 24.9 Å². The second-order valence-electron chi connectivity index (χ2n) is 7.16. The highest BCUT2D eigenvalue weighted by atomic mass is 16.5. The highest BCUT2D eigenvalue weighted by Gasteiger charge is 2.48. The van der Waals surface area contributed by atoms with Crippen LogP contribution < -0.4 is 5.32 Å². The lowest BCUT2D eigenvalue weighted by Crippen LogP contribution is -2.45. The van der Waals surface area contributed by atoms with E-state index in [1.165, 1.54) is 0 Å². The molecule has 2 aliphatic carbocycles. The first-order valence-corrected chi connectivity index (χ1v) is 9.30. The van der Waals surface area contributed by atoms with E-state index >= 15 is 0 Å². The van der Waals surface area contributed by atoms with Gasteiger partial charge in [-0.05, 0) is 43.1 Å². The zero-order valence-corrected chi connectivity index (χ0v) is 14.8. The molecule has 5 heteroatoms. The van der Waals surface area contributed by atoms with Gasteiger partial charge in [-0.1, -0.05) is 37.3 Å². The fourth-order valence-corrected chi connectivity index (χ4v) is 4.24. The molecule has 0 radical (unpaired) electrons. The van der Waals surface area contributed by atoms with Crippen molar-refractivity contribution >= 4 is 12.1 Å². The van der Waals surface area contributed by atoms with Crippen molar-refractivity contribution in [2.75, 3.05) is 6.61 Å². The summed E-state index contributed by atoms with van der Waals surface area (Å²) in [6, 6.07) is 9.70. The van der Waals surface area contributed by atoms with Crippen LogP contribution in [0.2, 0.25) is 0 Å². The van der Waals surface area contributed by atoms with Crippen LogP contribution in [0.5, 0.6) is 0 Å². The van der Waals surface area contributed by atoms with E-state index in [2.05, 4.69) is 5.32 Å². The van der Waals surface area contributed by atoms with Crippen LogP contribution in [-0.2, 0) is 20.9 Å². The molecule has 0 unspecified atom stereocenters. The third kappa shape index (κ3) is 4.53. The van der Waals surface area contributed by atoms with E-state index in [-0.39, 0.29) is 30.6 Å². The van der Waals surface area contributed by atoms with Crippen LogP contribution in [0.15, 0.2) is 30.3 Å². The molecule has 2 bridgehead atoms. The standard InChI is InChI=1S/C20H27NO4/c1-2-6-18(22)24-13-17-15-9-10-16(11-15)19(17)21-20(23)25-12-14-7-4-3-5-8-14/h3-5,7-8,15-17,19H,2,6,9-13H2,1H3,(H,21,23)/t15-,16+,17-,19+/m1/s1. The van der Waals surface area contributed by atoms with Crippen molar-refractivity contribution < 1.29 is 19.1 Å². The smallest absolute Gasteiger partial charge is 0.407 e. The van der Waals surface area contributed by atoms with Gasteiger partial charge in [-0.2, -0.15) is 0 Å². The number of benzene rings is 1. The van der Waals surface area contributed by atoms with Gasteiger partial charge < -0.3 is 14.8 Å². The van der Waals surface area contributed by atoms with Crippen LogP contribution in [0, 0.1) is 17.8 Å². The molecule has 4 atom stereocenters. The van der Waals surface area contributed by atoms with E-state index in [0.717, 1.165) is 31.2 Å². The van der Waals surface area contributed by atoms with Crippen molar-refractivity contribution in [3.05, 3.63) is 35.9 Å². The molecule has 2 fully saturated rings. The predicted molar refractivity (Wildman–Crippen MR) is 93.7 cm³/mol. The largest absolute Gasteiger partial charge is 0.465 e. The van der Waals surface area contributed by atoms with Crippen molar-refractivity contribution in [1.82, 2.24) is 5.32 Å². The zero-order valence-electron chi connectivity index (χ0n) is 14.8. The molecule has 1 aromatic carbocycles. The van der Waals surface area contributed by atoms with E-state index in [9.17, 15) is 9.59 Å². The van der Waals surface area contributed by atoms with Crippen LogP contribution >= 0.6 is 0 Å². The number of carbonyl (C=O) groups excluding carboxylic acids is 2. The Labute approximate surface area is 149 Å². The first kappa shape index (κ1) is 17.8. The Morgan fingerprint density at radius 2 is 1.88 bits per heavy atom. The molecule has 3 rings (SSSR count). The minimum absolute atomic E-state index is 0.0523. The molecule has 2 saturated carbocycles. The van der Waals surface area contributed by atoms with Gasteiger partial charge in [0.05, 0.1) is 6.61 Å². The van der Waals surface area contributed by atoms with Crippen molar-refractivity contribution in [1.29, 1.82) is 0 Å². The Bertz CT molecular complexity index is 589. The topological polar surface area (TPSA) is 64.6 Å². The summed E-state index contributed by atoms with van der Waals surface area (Å²) in [5.41, 5.74) is 0.968. The van der Waals surface area contributed by atoms with Crippen LogP contribution in [0.3, 0.4) is 0 Å². The highest BCUT2D eigenvalue weighted by molar-refractivity contribution is 5.69. The third-order valence-corrected chi connectivity index (χ3v) is 5.48. The maximum atomic E-state index is 12.2. The van der Waals surface area contributed by atoms with Gasteiger partial charge in [-0.25, -0.2) is 4.79 Å². The maximum Gasteiger partial charge on any atom is 0.407 e. The molecule has 136 valence electrons. The summed E-state index contributed by atoms with van der Waals surface area (Å²) in [5.74, 6) is 1.09. The van der Waals surface area contributed by atoms with Crippen molar-refractivity contribution in [2.45, 2.75) is 51.7 Å². The molecule has 25 heavy (non-hydrogen) atoms. The van der Waals surface area contributed by atoms with Gasteiger partial charge in [-0.15, -0.1) is 0 Å². The van der Waals surface area contributed by atoms with Gasteiger partial charge in [0.15, 0.2) is 0 Å². The lowest BCUT2D eigenvalue weighted by molar-refractivity contribution is -0.145. The molecule has 0 heterocycles. The molecule has 1 amide bonds. The van der Waals surface area contributed by atoms with Gasteiger partial charge in [0.1, 0.15) is 6.61 Å². The molecule has 0 saturated heterocycles. The molecule has 0 spiro atoms. The van der Waals surface area contributed by atoms with Gasteiger partial charge in [0, 0.05) is 18.4 Å². The van der Waals surface area contributed by atoms with Gasteiger partial charge in [0.2, 0.25) is 0 Å². The Kier molecular flexibility index (Phi) is 5.95.